The second-order valence-electron chi connectivity index (χ2n) is 3.81. The highest BCUT2D eigenvalue weighted by molar-refractivity contribution is 5.99. The van der Waals surface area contributed by atoms with Gasteiger partial charge in [0.15, 0.2) is 0 Å². The van der Waals surface area contributed by atoms with Crippen LogP contribution < -0.4 is 11.1 Å². The molecule has 4 N–H and O–H groups in total. The number of rotatable bonds is 4. The van der Waals surface area contributed by atoms with Crippen LogP contribution in [0.15, 0.2) is 30.7 Å². The van der Waals surface area contributed by atoms with Crippen LogP contribution in [0.4, 0.5) is 10.1 Å². The zero-order chi connectivity index (χ0) is 13.0. The molecule has 5 nitrogen and oxygen atoms in total. The molecule has 1 heterocycles. The van der Waals surface area contributed by atoms with E-state index in [1.807, 2.05) is 0 Å². The minimum absolute atomic E-state index is 0.133. The Morgan fingerprint density at radius 1 is 1.50 bits per heavy atom. The predicted octanol–water partition coefficient (Wildman–Crippen LogP) is 1.10. The summed E-state index contributed by atoms with van der Waals surface area (Å²) in [5.74, 6) is -0.770. The molecule has 0 atom stereocenters. The number of imidazole rings is 1. The largest absolute Gasteiger partial charge is 0.398 e. The Balaban J connectivity index is 1.91. The van der Waals surface area contributed by atoms with E-state index in [2.05, 4.69) is 15.3 Å². The van der Waals surface area contributed by atoms with Crippen molar-refractivity contribution in [3.63, 3.8) is 0 Å². The molecule has 2 rings (SSSR count). The highest BCUT2D eigenvalue weighted by atomic mass is 19.1. The SMILES string of the molecule is Nc1cc(F)ccc1C(=O)NCCc1cnc[nH]1. The lowest BCUT2D eigenvalue weighted by Crippen LogP contribution is -2.26. The number of aromatic amines is 1. The van der Waals surface area contributed by atoms with E-state index in [1.54, 1.807) is 12.5 Å². The van der Waals surface area contributed by atoms with E-state index in [4.69, 9.17) is 5.73 Å². The van der Waals surface area contributed by atoms with Gasteiger partial charge in [-0.2, -0.15) is 0 Å². The first-order chi connectivity index (χ1) is 8.66. The normalized spacial score (nSPS) is 10.3. The minimum Gasteiger partial charge on any atom is -0.398 e. The molecule has 18 heavy (non-hydrogen) atoms. The molecule has 0 aliphatic carbocycles. The Morgan fingerprint density at radius 2 is 2.33 bits per heavy atom. The van der Waals surface area contributed by atoms with Crippen molar-refractivity contribution in [2.24, 2.45) is 0 Å². The fourth-order valence-corrected chi connectivity index (χ4v) is 1.57. The number of nitrogen functional groups attached to an aromatic ring is 1. The zero-order valence-corrected chi connectivity index (χ0v) is 9.61. The van der Waals surface area contributed by atoms with E-state index >= 15 is 0 Å². The number of aromatic nitrogens is 2. The quantitative estimate of drug-likeness (QED) is 0.708. The number of nitrogens with zero attached hydrogens (tertiary/aromatic N) is 1. The predicted molar refractivity (Wildman–Crippen MR) is 65.4 cm³/mol. The van der Waals surface area contributed by atoms with Crippen LogP contribution in [0.1, 0.15) is 16.1 Å². The summed E-state index contributed by atoms with van der Waals surface area (Å²) in [5.41, 5.74) is 6.92. The molecule has 0 aliphatic rings. The maximum absolute atomic E-state index is 12.8. The Hall–Kier alpha value is -2.37. The lowest BCUT2D eigenvalue weighted by atomic mass is 10.1. The fraction of sp³-hybridized carbons (Fsp3) is 0.167. The van der Waals surface area contributed by atoms with Crippen molar-refractivity contribution >= 4 is 11.6 Å². The first kappa shape index (κ1) is 12.1. The van der Waals surface area contributed by atoms with E-state index in [-0.39, 0.29) is 17.2 Å². The van der Waals surface area contributed by atoms with Crippen molar-refractivity contribution in [3.8, 4) is 0 Å². The molecule has 0 saturated carbocycles. The average Bonchev–Trinajstić information content (AvgIpc) is 2.81. The Bertz CT molecular complexity index is 539. The van der Waals surface area contributed by atoms with Crippen LogP contribution in [0.3, 0.4) is 0 Å². The molecule has 0 spiro atoms. The average molecular weight is 248 g/mol. The van der Waals surface area contributed by atoms with Crippen molar-refractivity contribution in [2.75, 3.05) is 12.3 Å². The van der Waals surface area contributed by atoms with Gasteiger partial charge in [-0.3, -0.25) is 4.79 Å². The topological polar surface area (TPSA) is 83.8 Å². The summed E-state index contributed by atoms with van der Waals surface area (Å²) in [7, 11) is 0. The molecular weight excluding hydrogens is 235 g/mol. The summed E-state index contributed by atoms with van der Waals surface area (Å²) in [6, 6.07) is 3.71. The van der Waals surface area contributed by atoms with Gasteiger partial charge in [0.2, 0.25) is 0 Å². The van der Waals surface area contributed by atoms with Gasteiger partial charge in [-0.05, 0) is 18.2 Å². The molecule has 1 aromatic carbocycles. The number of benzene rings is 1. The highest BCUT2D eigenvalue weighted by Gasteiger charge is 2.09. The summed E-state index contributed by atoms with van der Waals surface area (Å²) >= 11 is 0. The molecule has 0 radical (unpaired) electrons. The number of anilines is 1. The Kier molecular flexibility index (Phi) is 3.57. The lowest BCUT2D eigenvalue weighted by Gasteiger charge is -2.06. The summed E-state index contributed by atoms with van der Waals surface area (Å²) < 4.78 is 12.8. The maximum Gasteiger partial charge on any atom is 0.253 e. The Labute approximate surface area is 103 Å². The number of nitrogens with one attached hydrogen (secondary N) is 2. The number of halogens is 1. The van der Waals surface area contributed by atoms with Gasteiger partial charge >= 0.3 is 0 Å². The monoisotopic (exact) mass is 248 g/mol. The molecule has 1 aromatic heterocycles. The summed E-state index contributed by atoms with van der Waals surface area (Å²) in [6.07, 6.45) is 3.92. The third-order valence-electron chi connectivity index (χ3n) is 2.49. The number of nitrogens with two attached hydrogens (primary N) is 1. The van der Waals surface area contributed by atoms with E-state index in [1.165, 1.54) is 12.1 Å². The van der Waals surface area contributed by atoms with Crippen molar-refractivity contribution in [3.05, 3.63) is 47.8 Å². The van der Waals surface area contributed by atoms with Crippen LogP contribution in [-0.4, -0.2) is 22.4 Å². The Morgan fingerprint density at radius 3 is 3.00 bits per heavy atom. The van der Waals surface area contributed by atoms with Crippen molar-refractivity contribution in [1.82, 2.24) is 15.3 Å². The second kappa shape index (κ2) is 5.31. The van der Waals surface area contributed by atoms with Crippen LogP contribution in [0.2, 0.25) is 0 Å². The second-order valence-corrected chi connectivity index (χ2v) is 3.81. The lowest BCUT2D eigenvalue weighted by molar-refractivity contribution is 0.0955. The summed E-state index contributed by atoms with van der Waals surface area (Å²) in [4.78, 5) is 18.6. The molecule has 0 aliphatic heterocycles. The highest BCUT2D eigenvalue weighted by Crippen LogP contribution is 2.12. The summed E-state index contributed by atoms with van der Waals surface area (Å²) in [6.45, 7) is 0.456. The third-order valence-corrected chi connectivity index (χ3v) is 2.49. The number of carbonyl (C=O) groups excluding carboxylic acids is 1. The van der Waals surface area contributed by atoms with E-state index in [0.717, 1.165) is 11.8 Å². The smallest absolute Gasteiger partial charge is 0.253 e. The molecule has 1 amide bonds. The first-order valence-corrected chi connectivity index (χ1v) is 5.47. The van der Waals surface area contributed by atoms with Gasteiger partial charge in [0.1, 0.15) is 5.82 Å². The number of hydrogen-bond donors (Lipinski definition) is 3. The fourth-order valence-electron chi connectivity index (χ4n) is 1.57. The molecule has 2 aromatic rings. The number of amides is 1. The maximum atomic E-state index is 12.8. The number of hydrogen-bond acceptors (Lipinski definition) is 3. The van der Waals surface area contributed by atoms with Gasteiger partial charge in [0.25, 0.3) is 5.91 Å². The van der Waals surface area contributed by atoms with Crippen molar-refractivity contribution < 1.29 is 9.18 Å². The van der Waals surface area contributed by atoms with Crippen molar-refractivity contribution in [1.29, 1.82) is 0 Å². The van der Waals surface area contributed by atoms with Crippen molar-refractivity contribution in [2.45, 2.75) is 6.42 Å². The van der Waals surface area contributed by atoms with Gasteiger partial charge in [-0.25, -0.2) is 9.37 Å². The molecule has 6 heteroatoms. The summed E-state index contributed by atoms with van der Waals surface area (Å²) in [5, 5.41) is 2.71. The van der Waals surface area contributed by atoms with E-state index < -0.39 is 5.82 Å². The third kappa shape index (κ3) is 2.85. The molecule has 0 saturated heterocycles. The molecular formula is C12H13FN4O. The standard InChI is InChI=1S/C12H13FN4O/c13-8-1-2-10(11(14)5-8)12(18)16-4-3-9-6-15-7-17-9/h1-2,5-7H,3-4,14H2,(H,15,17)(H,16,18). The van der Waals surface area contributed by atoms with E-state index in [0.29, 0.717) is 13.0 Å². The number of carbonyl (C=O) groups is 1. The molecule has 0 unspecified atom stereocenters. The number of H-pyrrole nitrogens is 1. The van der Waals surface area contributed by atoms with Gasteiger partial charge in [-0.1, -0.05) is 0 Å². The van der Waals surface area contributed by atoms with Gasteiger partial charge in [-0.15, -0.1) is 0 Å². The molecule has 94 valence electrons. The molecule has 0 bridgehead atoms. The van der Waals surface area contributed by atoms with Crippen LogP contribution in [0.25, 0.3) is 0 Å². The van der Waals surface area contributed by atoms with Gasteiger partial charge < -0.3 is 16.0 Å². The van der Waals surface area contributed by atoms with Gasteiger partial charge in [0, 0.05) is 30.5 Å². The first-order valence-electron chi connectivity index (χ1n) is 5.47. The van der Waals surface area contributed by atoms with Gasteiger partial charge in [0.05, 0.1) is 11.9 Å². The van der Waals surface area contributed by atoms with Crippen LogP contribution >= 0.6 is 0 Å². The van der Waals surface area contributed by atoms with Crippen LogP contribution in [0, 0.1) is 5.82 Å². The van der Waals surface area contributed by atoms with Crippen LogP contribution in [0.5, 0.6) is 0 Å². The van der Waals surface area contributed by atoms with Crippen LogP contribution in [-0.2, 0) is 6.42 Å². The zero-order valence-electron chi connectivity index (χ0n) is 9.61. The van der Waals surface area contributed by atoms with E-state index in [9.17, 15) is 9.18 Å². The minimum atomic E-state index is -0.457. The molecule has 0 fully saturated rings.